The normalized spacial score (nSPS) is 13.9. The van der Waals surface area contributed by atoms with Crippen molar-refractivity contribution < 1.29 is 9.72 Å². The van der Waals surface area contributed by atoms with Crippen LogP contribution in [0.5, 0.6) is 0 Å². The summed E-state index contributed by atoms with van der Waals surface area (Å²) in [6.07, 6.45) is 3.44. The first-order valence-electron chi connectivity index (χ1n) is 10.3. The summed E-state index contributed by atoms with van der Waals surface area (Å²) in [5, 5.41) is 17.5. The number of hydrogen-bond donors (Lipinski definition) is 3. The summed E-state index contributed by atoms with van der Waals surface area (Å²) in [7, 11) is 0. The van der Waals surface area contributed by atoms with E-state index in [0.29, 0.717) is 22.5 Å². The SMILES string of the molecule is Cc1ccc(C(Nc2ccc(-c3c[nH]cn3)cc2)=C2C(=O)Nc3ccc([N+](=O)[O-])cc32)cc1. The Labute approximate surface area is 189 Å². The van der Waals surface area contributed by atoms with Gasteiger partial charge in [-0.2, -0.15) is 0 Å². The van der Waals surface area contributed by atoms with E-state index in [2.05, 4.69) is 20.6 Å². The lowest BCUT2D eigenvalue weighted by atomic mass is 9.99. The molecule has 3 aromatic carbocycles. The molecule has 1 aliphatic heterocycles. The van der Waals surface area contributed by atoms with Crippen LogP contribution in [-0.4, -0.2) is 20.8 Å². The first-order valence-corrected chi connectivity index (χ1v) is 10.3. The monoisotopic (exact) mass is 437 g/mol. The molecule has 0 fully saturated rings. The van der Waals surface area contributed by atoms with Crippen molar-refractivity contribution in [2.75, 3.05) is 10.6 Å². The molecule has 8 nitrogen and oxygen atoms in total. The van der Waals surface area contributed by atoms with Crippen LogP contribution in [-0.2, 0) is 4.79 Å². The van der Waals surface area contributed by atoms with Gasteiger partial charge in [0.2, 0.25) is 0 Å². The van der Waals surface area contributed by atoms with Crippen molar-refractivity contribution >= 4 is 34.2 Å². The molecular formula is C25H19N5O3. The van der Waals surface area contributed by atoms with Crippen molar-refractivity contribution in [1.82, 2.24) is 9.97 Å². The fourth-order valence-electron chi connectivity index (χ4n) is 3.80. The number of nitrogens with one attached hydrogen (secondary N) is 3. The fraction of sp³-hybridized carbons (Fsp3) is 0.0400. The van der Waals surface area contributed by atoms with Crippen LogP contribution >= 0.6 is 0 Å². The molecule has 1 aliphatic rings. The second-order valence-electron chi connectivity index (χ2n) is 7.71. The molecule has 1 amide bonds. The Kier molecular flexibility index (Phi) is 4.95. The van der Waals surface area contributed by atoms with Crippen LogP contribution in [0.3, 0.4) is 0 Å². The molecule has 0 radical (unpaired) electrons. The molecule has 5 rings (SSSR count). The minimum absolute atomic E-state index is 0.0747. The number of amides is 1. The maximum absolute atomic E-state index is 13.0. The number of aromatic amines is 1. The summed E-state index contributed by atoms with van der Waals surface area (Å²) < 4.78 is 0. The minimum atomic E-state index is -0.465. The molecule has 8 heteroatoms. The van der Waals surface area contributed by atoms with Crippen LogP contribution in [0.25, 0.3) is 22.5 Å². The highest BCUT2D eigenvalue weighted by Crippen LogP contribution is 2.39. The number of non-ortho nitro benzene ring substituents is 1. The minimum Gasteiger partial charge on any atom is -0.354 e. The van der Waals surface area contributed by atoms with Crippen molar-refractivity contribution in [2.45, 2.75) is 6.92 Å². The smallest absolute Gasteiger partial charge is 0.270 e. The first kappa shape index (κ1) is 20.2. The molecule has 1 aromatic heterocycles. The number of aromatic nitrogens is 2. The molecule has 0 spiro atoms. The highest BCUT2D eigenvalue weighted by Gasteiger charge is 2.30. The summed E-state index contributed by atoms with van der Waals surface area (Å²) in [6.45, 7) is 1.98. The van der Waals surface area contributed by atoms with Crippen LogP contribution in [0.4, 0.5) is 17.1 Å². The van der Waals surface area contributed by atoms with Gasteiger partial charge in [0.1, 0.15) is 0 Å². The fourth-order valence-corrected chi connectivity index (χ4v) is 3.80. The van der Waals surface area contributed by atoms with Gasteiger partial charge in [-0.1, -0.05) is 42.0 Å². The van der Waals surface area contributed by atoms with E-state index < -0.39 is 4.92 Å². The maximum atomic E-state index is 13.0. The van der Waals surface area contributed by atoms with E-state index in [4.69, 9.17) is 0 Å². The van der Waals surface area contributed by atoms with E-state index in [1.807, 2.05) is 61.7 Å². The predicted molar refractivity (Wildman–Crippen MR) is 127 cm³/mol. The summed E-state index contributed by atoms with van der Waals surface area (Å²) in [5.41, 5.74) is 6.30. The van der Waals surface area contributed by atoms with E-state index in [0.717, 1.165) is 28.1 Å². The largest absolute Gasteiger partial charge is 0.354 e. The van der Waals surface area contributed by atoms with Gasteiger partial charge in [0, 0.05) is 40.8 Å². The lowest BCUT2D eigenvalue weighted by molar-refractivity contribution is -0.384. The van der Waals surface area contributed by atoms with Crippen molar-refractivity contribution in [3.63, 3.8) is 0 Å². The number of imidazole rings is 1. The molecule has 0 bridgehead atoms. The number of H-pyrrole nitrogens is 1. The number of nitrogens with zero attached hydrogens (tertiary/aromatic N) is 2. The zero-order chi connectivity index (χ0) is 22.9. The number of nitro benzene ring substituents is 1. The highest BCUT2D eigenvalue weighted by atomic mass is 16.6. The molecule has 4 aromatic rings. The Hall–Kier alpha value is -4.72. The van der Waals surface area contributed by atoms with Crippen molar-refractivity contribution in [1.29, 1.82) is 0 Å². The molecule has 0 saturated heterocycles. The average Bonchev–Trinajstić information content (AvgIpc) is 3.46. The van der Waals surface area contributed by atoms with Crippen molar-refractivity contribution in [3.05, 3.63) is 106 Å². The van der Waals surface area contributed by atoms with Crippen LogP contribution < -0.4 is 10.6 Å². The number of fused-ring (bicyclic) bond motifs is 1. The van der Waals surface area contributed by atoms with Gasteiger partial charge in [-0.05, 0) is 30.7 Å². The number of benzene rings is 3. The number of aryl methyl sites for hydroxylation is 1. The number of rotatable bonds is 5. The van der Waals surface area contributed by atoms with Crippen LogP contribution in [0.15, 0.2) is 79.3 Å². The summed E-state index contributed by atoms with van der Waals surface area (Å²) >= 11 is 0. The Morgan fingerprint density at radius 1 is 1.03 bits per heavy atom. The van der Waals surface area contributed by atoms with E-state index in [1.165, 1.54) is 12.1 Å². The van der Waals surface area contributed by atoms with Gasteiger partial charge in [0.25, 0.3) is 11.6 Å². The van der Waals surface area contributed by atoms with Gasteiger partial charge in [-0.15, -0.1) is 0 Å². The Balaban J connectivity index is 1.62. The molecule has 3 N–H and O–H groups in total. The van der Waals surface area contributed by atoms with Crippen LogP contribution in [0.1, 0.15) is 16.7 Å². The molecule has 2 heterocycles. The van der Waals surface area contributed by atoms with E-state index in [1.54, 1.807) is 12.4 Å². The highest BCUT2D eigenvalue weighted by molar-refractivity contribution is 6.37. The lowest BCUT2D eigenvalue weighted by Gasteiger charge is -2.15. The number of carbonyl (C=O) groups excluding carboxylic acids is 1. The third-order valence-electron chi connectivity index (χ3n) is 5.50. The zero-order valence-corrected chi connectivity index (χ0v) is 17.6. The molecular weight excluding hydrogens is 418 g/mol. The summed E-state index contributed by atoms with van der Waals surface area (Å²) in [4.78, 5) is 31.1. The van der Waals surface area contributed by atoms with Gasteiger partial charge in [0.05, 0.1) is 28.2 Å². The zero-order valence-electron chi connectivity index (χ0n) is 17.6. The Bertz CT molecular complexity index is 1390. The third-order valence-corrected chi connectivity index (χ3v) is 5.50. The van der Waals surface area contributed by atoms with Crippen LogP contribution in [0.2, 0.25) is 0 Å². The van der Waals surface area contributed by atoms with Gasteiger partial charge in [-0.25, -0.2) is 4.98 Å². The summed E-state index contributed by atoms with van der Waals surface area (Å²) in [5.74, 6) is -0.318. The third kappa shape index (κ3) is 3.85. The second kappa shape index (κ2) is 8.08. The van der Waals surface area contributed by atoms with Crippen LogP contribution in [0, 0.1) is 17.0 Å². The van der Waals surface area contributed by atoms with E-state index in [9.17, 15) is 14.9 Å². The maximum Gasteiger partial charge on any atom is 0.270 e. The van der Waals surface area contributed by atoms with Gasteiger partial charge in [-0.3, -0.25) is 14.9 Å². The molecule has 33 heavy (non-hydrogen) atoms. The van der Waals surface area contributed by atoms with E-state index >= 15 is 0 Å². The number of nitro groups is 1. The standard InChI is InChI=1S/C25H19N5O3/c1-15-2-4-17(5-3-15)24(28-18-8-6-16(7-9-18)22-13-26-14-27-22)23-20-12-19(30(32)33)10-11-21(20)29-25(23)31/h2-14,28H,1H3,(H,26,27)(H,29,31). The van der Waals surface area contributed by atoms with Crippen molar-refractivity contribution in [2.24, 2.45) is 0 Å². The van der Waals surface area contributed by atoms with Gasteiger partial charge < -0.3 is 15.6 Å². The second-order valence-corrected chi connectivity index (χ2v) is 7.71. The topological polar surface area (TPSA) is 113 Å². The Morgan fingerprint density at radius 3 is 2.45 bits per heavy atom. The Morgan fingerprint density at radius 2 is 1.79 bits per heavy atom. The summed E-state index contributed by atoms with van der Waals surface area (Å²) in [6, 6.07) is 19.8. The average molecular weight is 437 g/mol. The molecule has 162 valence electrons. The quantitative estimate of drug-likeness (QED) is 0.225. The van der Waals surface area contributed by atoms with Crippen molar-refractivity contribution in [3.8, 4) is 11.3 Å². The molecule has 0 atom stereocenters. The molecule has 0 unspecified atom stereocenters. The first-order chi connectivity index (χ1) is 16.0. The van der Waals surface area contributed by atoms with E-state index in [-0.39, 0.29) is 11.6 Å². The molecule has 0 saturated carbocycles. The number of anilines is 2. The molecule has 0 aliphatic carbocycles. The van der Waals surface area contributed by atoms with Gasteiger partial charge >= 0.3 is 0 Å². The number of hydrogen-bond acceptors (Lipinski definition) is 5. The number of carbonyl (C=O) groups is 1. The van der Waals surface area contributed by atoms with Gasteiger partial charge in [0.15, 0.2) is 0 Å². The lowest BCUT2D eigenvalue weighted by Crippen LogP contribution is -2.10. The predicted octanol–water partition coefficient (Wildman–Crippen LogP) is 5.23.